The molecule has 0 aliphatic carbocycles. The van der Waals surface area contributed by atoms with Crippen LogP contribution in [0, 0.1) is 5.82 Å². The summed E-state index contributed by atoms with van der Waals surface area (Å²) in [7, 11) is 0. The lowest BCUT2D eigenvalue weighted by Crippen LogP contribution is -2.34. The first kappa shape index (κ1) is 15.6. The highest BCUT2D eigenvalue weighted by molar-refractivity contribution is 9.10. The van der Waals surface area contributed by atoms with Crippen LogP contribution in [-0.4, -0.2) is 23.0 Å². The second kappa shape index (κ2) is 7.23. The van der Waals surface area contributed by atoms with Crippen molar-refractivity contribution in [3.8, 4) is 0 Å². The molecular formula is C13H15BrFNO3. The summed E-state index contributed by atoms with van der Waals surface area (Å²) in [5.41, 5.74) is 0.888. The van der Waals surface area contributed by atoms with Crippen molar-refractivity contribution in [3.05, 3.63) is 34.1 Å². The van der Waals surface area contributed by atoms with Crippen LogP contribution in [0.4, 0.5) is 4.39 Å². The fraction of sp³-hybridized carbons (Fsp3) is 0.385. The standard InChI is InChI=1S/C13H15BrFNO3/c1-8(16-12(17)4-5-13(18)19)6-9-2-3-11(15)10(14)7-9/h2-3,7-8H,4-6H2,1H3,(H,16,17)(H,18,19). The van der Waals surface area contributed by atoms with Gasteiger partial charge >= 0.3 is 5.97 Å². The molecule has 0 aliphatic heterocycles. The molecule has 0 saturated heterocycles. The maximum atomic E-state index is 13.1. The van der Waals surface area contributed by atoms with E-state index < -0.39 is 5.97 Å². The molecule has 1 atom stereocenters. The first-order valence-electron chi connectivity index (χ1n) is 5.83. The van der Waals surface area contributed by atoms with E-state index >= 15 is 0 Å². The number of hydrogen-bond acceptors (Lipinski definition) is 2. The van der Waals surface area contributed by atoms with Crippen molar-refractivity contribution in [2.75, 3.05) is 0 Å². The van der Waals surface area contributed by atoms with Gasteiger partial charge in [0.2, 0.25) is 5.91 Å². The van der Waals surface area contributed by atoms with Gasteiger partial charge in [0.25, 0.3) is 0 Å². The van der Waals surface area contributed by atoms with Gasteiger partial charge in [-0.25, -0.2) is 4.39 Å². The molecule has 1 aromatic carbocycles. The molecule has 0 radical (unpaired) electrons. The van der Waals surface area contributed by atoms with Crippen molar-refractivity contribution in [2.45, 2.75) is 32.2 Å². The largest absolute Gasteiger partial charge is 0.481 e. The Morgan fingerprint density at radius 2 is 2.11 bits per heavy atom. The van der Waals surface area contributed by atoms with Crippen LogP contribution >= 0.6 is 15.9 Å². The van der Waals surface area contributed by atoms with Crippen LogP contribution in [0.15, 0.2) is 22.7 Å². The lowest BCUT2D eigenvalue weighted by atomic mass is 10.1. The third-order valence-corrected chi connectivity index (χ3v) is 3.11. The molecule has 0 spiro atoms. The fourth-order valence-corrected chi connectivity index (χ4v) is 2.06. The van der Waals surface area contributed by atoms with Crippen molar-refractivity contribution >= 4 is 27.8 Å². The van der Waals surface area contributed by atoms with E-state index in [1.807, 2.05) is 6.92 Å². The zero-order valence-electron chi connectivity index (χ0n) is 10.5. The Hall–Kier alpha value is -1.43. The molecule has 1 amide bonds. The molecule has 104 valence electrons. The van der Waals surface area contributed by atoms with Crippen molar-refractivity contribution in [1.29, 1.82) is 0 Å². The predicted octanol–water partition coefficient (Wildman–Crippen LogP) is 2.50. The Bertz CT molecular complexity index is 479. The van der Waals surface area contributed by atoms with Crippen LogP contribution in [0.1, 0.15) is 25.3 Å². The molecule has 0 heterocycles. The zero-order chi connectivity index (χ0) is 14.4. The molecule has 19 heavy (non-hydrogen) atoms. The third-order valence-electron chi connectivity index (χ3n) is 2.50. The Kier molecular flexibility index (Phi) is 5.95. The minimum absolute atomic E-state index is 0.0349. The summed E-state index contributed by atoms with van der Waals surface area (Å²) in [5, 5.41) is 11.2. The van der Waals surface area contributed by atoms with Gasteiger partial charge in [-0.2, -0.15) is 0 Å². The minimum atomic E-state index is -0.995. The zero-order valence-corrected chi connectivity index (χ0v) is 12.0. The van der Waals surface area contributed by atoms with Gasteiger partial charge in [-0.05, 0) is 47.0 Å². The van der Waals surface area contributed by atoms with Gasteiger partial charge in [-0.1, -0.05) is 6.07 Å². The number of aliphatic carboxylic acids is 1. The molecule has 0 bridgehead atoms. The van der Waals surface area contributed by atoms with Gasteiger partial charge < -0.3 is 10.4 Å². The summed E-state index contributed by atoms with van der Waals surface area (Å²) < 4.78 is 13.4. The van der Waals surface area contributed by atoms with Crippen LogP contribution in [0.3, 0.4) is 0 Å². The Labute approximate surface area is 119 Å². The highest BCUT2D eigenvalue weighted by Gasteiger charge is 2.10. The second-order valence-corrected chi connectivity index (χ2v) is 5.17. The summed E-state index contributed by atoms with van der Waals surface area (Å²) in [6.07, 6.45) is 0.338. The molecule has 0 aliphatic rings. The minimum Gasteiger partial charge on any atom is -0.481 e. The van der Waals surface area contributed by atoms with E-state index in [0.717, 1.165) is 5.56 Å². The quantitative estimate of drug-likeness (QED) is 0.841. The Morgan fingerprint density at radius 3 is 2.68 bits per heavy atom. The number of hydrogen-bond donors (Lipinski definition) is 2. The summed E-state index contributed by atoms with van der Waals surface area (Å²) >= 11 is 3.10. The van der Waals surface area contributed by atoms with Crippen molar-refractivity contribution in [1.82, 2.24) is 5.32 Å². The van der Waals surface area contributed by atoms with Gasteiger partial charge in [0.1, 0.15) is 5.82 Å². The number of carboxylic acid groups (broad SMARTS) is 1. The van der Waals surface area contributed by atoms with Gasteiger partial charge in [0, 0.05) is 12.5 Å². The SMILES string of the molecule is CC(Cc1ccc(F)c(Br)c1)NC(=O)CCC(=O)O. The van der Waals surface area contributed by atoms with Crippen molar-refractivity contribution in [2.24, 2.45) is 0 Å². The van der Waals surface area contributed by atoms with E-state index in [9.17, 15) is 14.0 Å². The van der Waals surface area contributed by atoms with Gasteiger partial charge in [0.05, 0.1) is 10.9 Å². The first-order chi connectivity index (χ1) is 8.88. The summed E-state index contributed by atoms with van der Waals surface area (Å²) in [5.74, 6) is -1.62. The van der Waals surface area contributed by atoms with E-state index in [-0.39, 0.29) is 30.6 Å². The number of halogens is 2. The predicted molar refractivity (Wildman–Crippen MR) is 72.3 cm³/mol. The summed E-state index contributed by atoms with van der Waals surface area (Å²) in [4.78, 5) is 21.8. The second-order valence-electron chi connectivity index (χ2n) is 4.31. The van der Waals surface area contributed by atoms with E-state index in [0.29, 0.717) is 10.9 Å². The molecule has 1 rings (SSSR count). The van der Waals surface area contributed by atoms with Crippen LogP contribution in [0.2, 0.25) is 0 Å². The molecule has 2 N–H and O–H groups in total. The highest BCUT2D eigenvalue weighted by Crippen LogP contribution is 2.17. The Balaban J connectivity index is 2.46. The number of amides is 1. The maximum Gasteiger partial charge on any atom is 0.303 e. The molecule has 4 nitrogen and oxygen atoms in total. The smallest absolute Gasteiger partial charge is 0.303 e. The Morgan fingerprint density at radius 1 is 1.42 bits per heavy atom. The average Bonchev–Trinajstić information content (AvgIpc) is 2.31. The summed E-state index contributed by atoms with van der Waals surface area (Å²) in [6, 6.07) is 4.53. The molecular weight excluding hydrogens is 317 g/mol. The molecule has 0 aromatic heterocycles. The van der Waals surface area contributed by atoms with Crippen molar-refractivity contribution in [3.63, 3.8) is 0 Å². The number of nitrogens with one attached hydrogen (secondary N) is 1. The normalized spacial score (nSPS) is 11.9. The van der Waals surface area contributed by atoms with Crippen LogP contribution in [-0.2, 0) is 16.0 Å². The lowest BCUT2D eigenvalue weighted by Gasteiger charge is -2.14. The third kappa shape index (κ3) is 5.83. The molecule has 1 unspecified atom stereocenters. The number of rotatable bonds is 6. The van der Waals surface area contributed by atoms with Crippen LogP contribution in [0.5, 0.6) is 0 Å². The number of carbonyl (C=O) groups excluding carboxylic acids is 1. The van der Waals surface area contributed by atoms with Crippen LogP contribution < -0.4 is 5.32 Å². The van der Waals surface area contributed by atoms with Gasteiger partial charge in [-0.3, -0.25) is 9.59 Å². The monoisotopic (exact) mass is 331 g/mol. The lowest BCUT2D eigenvalue weighted by molar-refractivity contribution is -0.138. The van der Waals surface area contributed by atoms with E-state index in [2.05, 4.69) is 21.2 Å². The molecule has 0 saturated carbocycles. The van der Waals surface area contributed by atoms with E-state index in [1.165, 1.54) is 6.07 Å². The topological polar surface area (TPSA) is 66.4 Å². The highest BCUT2D eigenvalue weighted by atomic mass is 79.9. The van der Waals surface area contributed by atoms with Crippen molar-refractivity contribution < 1.29 is 19.1 Å². The first-order valence-corrected chi connectivity index (χ1v) is 6.63. The van der Waals surface area contributed by atoms with Gasteiger partial charge in [-0.15, -0.1) is 0 Å². The number of benzene rings is 1. The van der Waals surface area contributed by atoms with Crippen LogP contribution in [0.25, 0.3) is 0 Å². The molecule has 6 heteroatoms. The molecule has 1 aromatic rings. The van der Waals surface area contributed by atoms with E-state index in [4.69, 9.17) is 5.11 Å². The summed E-state index contributed by atoms with van der Waals surface area (Å²) in [6.45, 7) is 1.82. The average molecular weight is 332 g/mol. The van der Waals surface area contributed by atoms with Gasteiger partial charge in [0.15, 0.2) is 0 Å². The maximum absolute atomic E-state index is 13.1. The fourth-order valence-electron chi connectivity index (χ4n) is 1.64. The number of carbonyl (C=O) groups is 2. The van der Waals surface area contributed by atoms with E-state index in [1.54, 1.807) is 12.1 Å². The number of carboxylic acids is 1. The molecule has 0 fully saturated rings.